The molecule has 108 valence electrons. The molecule has 4 nitrogen and oxygen atoms in total. The van der Waals surface area contributed by atoms with Crippen LogP contribution in [-0.2, 0) is 16.1 Å². The van der Waals surface area contributed by atoms with Crippen molar-refractivity contribution in [1.29, 1.82) is 0 Å². The fourth-order valence-electron chi connectivity index (χ4n) is 3.07. The number of ether oxygens (including phenoxy) is 2. The third-order valence-corrected chi connectivity index (χ3v) is 4.20. The second-order valence-corrected chi connectivity index (χ2v) is 5.75. The van der Waals surface area contributed by atoms with Crippen molar-refractivity contribution in [2.45, 2.75) is 37.0 Å². The average molecular weight is 279 g/mol. The Morgan fingerprint density at radius 2 is 2.15 bits per heavy atom. The Hall–Kier alpha value is -1.62. The number of hydrogen-bond donors (Lipinski definition) is 1. The van der Waals surface area contributed by atoms with Crippen LogP contribution in [0.3, 0.4) is 0 Å². The van der Waals surface area contributed by atoms with Gasteiger partial charge in [-0.2, -0.15) is 0 Å². The number of halogens is 1. The molecule has 1 aliphatic heterocycles. The minimum atomic E-state index is -0.674. The Morgan fingerprint density at radius 1 is 1.35 bits per heavy atom. The van der Waals surface area contributed by atoms with Crippen molar-refractivity contribution >= 4 is 6.09 Å². The minimum Gasteiger partial charge on any atom is -0.445 e. The van der Waals surface area contributed by atoms with Gasteiger partial charge in [-0.1, -0.05) is 30.3 Å². The lowest BCUT2D eigenvalue weighted by Crippen LogP contribution is -2.48. The molecule has 1 aliphatic carbocycles. The molecule has 2 atom stereocenters. The van der Waals surface area contributed by atoms with Gasteiger partial charge >= 0.3 is 6.09 Å². The van der Waals surface area contributed by atoms with Gasteiger partial charge in [0, 0.05) is 6.42 Å². The van der Waals surface area contributed by atoms with E-state index in [1.165, 1.54) is 0 Å². The van der Waals surface area contributed by atoms with Crippen molar-refractivity contribution in [2.24, 2.45) is 0 Å². The molecule has 2 bridgehead atoms. The third-order valence-electron chi connectivity index (χ3n) is 4.20. The van der Waals surface area contributed by atoms with Crippen LogP contribution < -0.4 is 5.32 Å². The molecule has 3 rings (SSSR count). The Bertz CT molecular complexity index is 483. The number of fused-ring (bicyclic) bond motifs is 2. The van der Waals surface area contributed by atoms with Crippen LogP contribution in [0.1, 0.15) is 24.8 Å². The lowest BCUT2D eigenvalue weighted by molar-refractivity contribution is -0.0371. The summed E-state index contributed by atoms with van der Waals surface area (Å²) in [6.45, 7) is 0.116. The first-order valence-electron chi connectivity index (χ1n) is 6.84. The predicted molar refractivity (Wildman–Crippen MR) is 71.0 cm³/mol. The summed E-state index contributed by atoms with van der Waals surface area (Å²) in [5.74, 6) is 0. The van der Waals surface area contributed by atoms with Crippen molar-refractivity contribution in [2.75, 3.05) is 13.3 Å². The normalized spacial score (nSPS) is 31.2. The number of alkyl halides is 1. The van der Waals surface area contributed by atoms with E-state index >= 15 is 0 Å². The SMILES string of the molecule is O=C(NC12CCC(CF)(C1)OC2)OCc1ccccc1. The van der Waals surface area contributed by atoms with Crippen LogP contribution in [0.5, 0.6) is 0 Å². The molecule has 2 fully saturated rings. The molecule has 1 saturated heterocycles. The predicted octanol–water partition coefficient (Wildman–Crippen LogP) is 2.57. The smallest absolute Gasteiger partial charge is 0.407 e. The van der Waals surface area contributed by atoms with Gasteiger partial charge in [0.1, 0.15) is 13.3 Å². The van der Waals surface area contributed by atoms with Crippen LogP contribution in [0.4, 0.5) is 9.18 Å². The Morgan fingerprint density at radius 3 is 2.75 bits per heavy atom. The van der Waals surface area contributed by atoms with Crippen molar-refractivity contribution in [3.8, 4) is 0 Å². The maximum atomic E-state index is 13.0. The Labute approximate surface area is 117 Å². The first-order valence-corrected chi connectivity index (χ1v) is 6.84. The van der Waals surface area contributed by atoms with Gasteiger partial charge in [0.15, 0.2) is 0 Å². The van der Waals surface area contributed by atoms with Gasteiger partial charge in [-0.15, -0.1) is 0 Å². The summed E-state index contributed by atoms with van der Waals surface area (Å²) in [7, 11) is 0. The topological polar surface area (TPSA) is 47.6 Å². The van der Waals surface area contributed by atoms with Crippen LogP contribution in [0, 0.1) is 0 Å². The fourth-order valence-corrected chi connectivity index (χ4v) is 3.07. The van der Waals surface area contributed by atoms with Gasteiger partial charge in [0.25, 0.3) is 0 Å². The lowest BCUT2D eigenvalue weighted by Gasteiger charge is -2.27. The van der Waals surface area contributed by atoms with E-state index in [4.69, 9.17) is 9.47 Å². The molecule has 1 aromatic rings. The summed E-state index contributed by atoms with van der Waals surface area (Å²) in [4.78, 5) is 11.9. The van der Waals surface area contributed by atoms with E-state index in [0.717, 1.165) is 12.0 Å². The number of alkyl carbamates (subject to hydrolysis) is 1. The largest absolute Gasteiger partial charge is 0.445 e. The van der Waals surface area contributed by atoms with E-state index in [9.17, 15) is 9.18 Å². The van der Waals surface area contributed by atoms with E-state index in [1.807, 2.05) is 30.3 Å². The molecule has 0 spiro atoms. The summed E-state index contributed by atoms with van der Waals surface area (Å²) in [6.07, 6.45) is 1.48. The van der Waals surface area contributed by atoms with Gasteiger partial charge in [0.05, 0.1) is 17.7 Å². The highest BCUT2D eigenvalue weighted by molar-refractivity contribution is 5.68. The lowest BCUT2D eigenvalue weighted by atomic mass is 9.99. The monoisotopic (exact) mass is 279 g/mol. The molecule has 0 aromatic heterocycles. The summed E-state index contributed by atoms with van der Waals surface area (Å²) in [5.41, 5.74) is -0.181. The minimum absolute atomic E-state index is 0.234. The number of nitrogens with one attached hydrogen (secondary N) is 1. The third kappa shape index (κ3) is 2.50. The van der Waals surface area contributed by atoms with Crippen LogP contribution in [0.25, 0.3) is 0 Å². The Kier molecular flexibility index (Phi) is 3.38. The van der Waals surface area contributed by atoms with Crippen molar-refractivity contribution in [3.63, 3.8) is 0 Å². The number of hydrogen-bond acceptors (Lipinski definition) is 3. The van der Waals surface area contributed by atoms with Crippen LogP contribution in [0.2, 0.25) is 0 Å². The highest BCUT2D eigenvalue weighted by atomic mass is 19.1. The van der Waals surface area contributed by atoms with Crippen LogP contribution >= 0.6 is 0 Å². The van der Waals surface area contributed by atoms with Gasteiger partial charge in [-0.3, -0.25) is 0 Å². The molecular formula is C15H18FNO3. The van der Waals surface area contributed by atoms with Crippen molar-refractivity contribution < 1.29 is 18.7 Å². The zero-order chi connectivity index (χ0) is 14.1. The number of rotatable bonds is 4. The average Bonchev–Trinajstić information content (AvgIpc) is 3.02. The van der Waals surface area contributed by atoms with Crippen molar-refractivity contribution in [1.82, 2.24) is 5.32 Å². The first kappa shape index (κ1) is 13.4. The maximum absolute atomic E-state index is 13.0. The molecule has 0 radical (unpaired) electrons. The Balaban J connectivity index is 1.53. The van der Waals surface area contributed by atoms with Gasteiger partial charge in [-0.05, 0) is 18.4 Å². The summed E-state index contributed by atoms with van der Waals surface area (Å²) in [5, 5.41) is 2.86. The van der Waals surface area contributed by atoms with E-state index in [-0.39, 0.29) is 6.61 Å². The highest BCUT2D eigenvalue weighted by Crippen LogP contribution is 2.47. The molecule has 20 heavy (non-hydrogen) atoms. The van der Waals surface area contributed by atoms with Gasteiger partial charge in [-0.25, -0.2) is 9.18 Å². The molecule has 1 amide bonds. The molecule has 1 heterocycles. The molecule has 1 aromatic carbocycles. The van der Waals surface area contributed by atoms with Crippen LogP contribution in [-0.4, -0.2) is 30.5 Å². The molecule has 5 heteroatoms. The highest BCUT2D eigenvalue weighted by Gasteiger charge is 2.56. The summed E-state index contributed by atoms with van der Waals surface area (Å²) in [6, 6.07) is 9.49. The number of carbonyl (C=O) groups is 1. The number of benzene rings is 1. The first-order chi connectivity index (χ1) is 9.65. The molecule has 1 saturated carbocycles. The van der Waals surface area contributed by atoms with E-state index in [2.05, 4.69) is 5.32 Å². The molecular weight excluding hydrogens is 261 g/mol. The standard InChI is InChI=1S/C15H18FNO3/c16-10-15-7-6-14(9-15,11-20-15)17-13(18)19-8-12-4-2-1-3-5-12/h1-5H,6-11H2,(H,17,18). The maximum Gasteiger partial charge on any atom is 0.407 e. The van der Waals surface area contributed by atoms with Crippen LogP contribution in [0.15, 0.2) is 30.3 Å². The number of amides is 1. The summed E-state index contributed by atoms with van der Waals surface area (Å²) < 4.78 is 23.7. The molecule has 1 N–H and O–H groups in total. The van der Waals surface area contributed by atoms with Gasteiger partial charge < -0.3 is 14.8 Å². The molecule has 2 unspecified atom stereocenters. The van der Waals surface area contributed by atoms with Crippen molar-refractivity contribution in [3.05, 3.63) is 35.9 Å². The van der Waals surface area contributed by atoms with E-state index in [0.29, 0.717) is 19.4 Å². The van der Waals surface area contributed by atoms with E-state index < -0.39 is 23.9 Å². The van der Waals surface area contributed by atoms with Gasteiger partial charge in [0.2, 0.25) is 0 Å². The number of carbonyl (C=O) groups excluding carboxylic acids is 1. The zero-order valence-corrected chi connectivity index (χ0v) is 11.2. The second-order valence-electron chi connectivity index (χ2n) is 5.75. The second kappa shape index (κ2) is 5.05. The summed E-state index contributed by atoms with van der Waals surface area (Å²) >= 11 is 0. The zero-order valence-electron chi connectivity index (χ0n) is 11.2. The molecule has 2 aliphatic rings. The quantitative estimate of drug-likeness (QED) is 0.921. The fraction of sp³-hybridized carbons (Fsp3) is 0.533. The van der Waals surface area contributed by atoms with E-state index in [1.54, 1.807) is 0 Å².